The molecule has 3 fully saturated rings. The van der Waals surface area contributed by atoms with E-state index in [1.807, 2.05) is 0 Å². The largest absolute Gasteiger partial charge is 0.381 e. The predicted octanol–water partition coefficient (Wildman–Crippen LogP) is 5.07. The topological polar surface area (TPSA) is 97.1 Å². The quantitative estimate of drug-likeness (QED) is 0.418. The molecule has 1 aromatic carbocycles. The van der Waals surface area contributed by atoms with Gasteiger partial charge in [0.1, 0.15) is 11.3 Å². The van der Waals surface area contributed by atoms with Gasteiger partial charge in [0.05, 0.1) is 24.0 Å². The molecule has 2 aromatic heterocycles. The highest BCUT2D eigenvalue weighted by molar-refractivity contribution is 5.91. The van der Waals surface area contributed by atoms with Gasteiger partial charge in [-0.25, -0.2) is 26.9 Å². The second kappa shape index (κ2) is 9.78. The first-order chi connectivity index (χ1) is 19.0. The molecular weight excluding hydrogens is 537 g/mol. The van der Waals surface area contributed by atoms with Crippen LogP contribution in [-0.2, 0) is 21.4 Å². The number of ether oxygens (including phenoxy) is 1. The number of carbonyl (C=O) groups is 1. The van der Waals surface area contributed by atoms with Gasteiger partial charge in [-0.3, -0.25) is 4.79 Å². The van der Waals surface area contributed by atoms with Gasteiger partial charge < -0.3 is 19.1 Å². The second-order valence-electron chi connectivity index (χ2n) is 11.4. The van der Waals surface area contributed by atoms with Gasteiger partial charge in [-0.2, -0.15) is 4.98 Å². The fraction of sp³-hybridized carbons (Fsp3) is 0.630. The number of nitrogens with zero attached hydrogens (tertiary/aromatic N) is 4. The molecule has 13 heteroatoms. The Labute approximate surface area is 226 Å². The molecule has 3 aliphatic rings. The van der Waals surface area contributed by atoms with E-state index in [1.165, 1.54) is 6.07 Å². The maximum atomic E-state index is 16.3. The summed E-state index contributed by atoms with van der Waals surface area (Å²) in [6.45, 7) is 0.653. The van der Waals surface area contributed by atoms with Crippen LogP contribution in [0.4, 0.5) is 22.0 Å². The van der Waals surface area contributed by atoms with Crippen LogP contribution in [0.15, 0.2) is 16.7 Å². The molecule has 1 amide bonds. The predicted molar refractivity (Wildman–Crippen MR) is 132 cm³/mol. The molecule has 1 atom stereocenters. The number of alkyl halides is 4. The van der Waals surface area contributed by atoms with Crippen molar-refractivity contribution >= 4 is 16.9 Å². The number of halogens is 5. The number of likely N-dealkylation sites (tertiary alicyclic amines) is 1. The average Bonchev–Trinajstić information content (AvgIpc) is 3.52. The van der Waals surface area contributed by atoms with Crippen molar-refractivity contribution in [3.05, 3.63) is 41.1 Å². The van der Waals surface area contributed by atoms with Crippen molar-refractivity contribution in [2.75, 3.05) is 26.3 Å². The first kappa shape index (κ1) is 27.1. The maximum Gasteiger partial charge on any atom is 0.282 e. The number of aryl methyl sites for hydroxylation is 1. The summed E-state index contributed by atoms with van der Waals surface area (Å²) in [6, 6.07) is 3.14. The highest BCUT2D eigenvalue weighted by Gasteiger charge is 2.54. The van der Waals surface area contributed by atoms with E-state index >= 15 is 4.39 Å². The fourth-order valence-corrected chi connectivity index (χ4v) is 6.46. The van der Waals surface area contributed by atoms with Gasteiger partial charge in [0.25, 0.3) is 5.92 Å². The van der Waals surface area contributed by atoms with Gasteiger partial charge in [-0.1, -0.05) is 11.2 Å². The van der Waals surface area contributed by atoms with Crippen LogP contribution in [0.5, 0.6) is 0 Å². The number of aromatic amines is 1. The highest BCUT2D eigenvalue weighted by Crippen LogP contribution is 2.45. The first-order valence-electron chi connectivity index (χ1n) is 13.6. The minimum Gasteiger partial charge on any atom is -0.381 e. The van der Waals surface area contributed by atoms with E-state index < -0.39 is 48.0 Å². The summed E-state index contributed by atoms with van der Waals surface area (Å²) in [7, 11) is 0. The Morgan fingerprint density at radius 1 is 1.07 bits per heavy atom. The smallest absolute Gasteiger partial charge is 0.282 e. The average molecular weight is 568 g/mol. The van der Waals surface area contributed by atoms with Gasteiger partial charge in [0.15, 0.2) is 11.6 Å². The van der Waals surface area contributed by atoms with E-state index in [-0.39, 0.29) is 75.2 Å². The molecule has 216 valence electrons. The zero-order valence-corrected chi connectivity index (χ0v) is 22.0. The van der Waals surface area contributed by atoms with Crippen LogP contribution >= 0.6 is 0 Å². The number of nitrogens with one attached hydrogen (secondary N) is 1. The molecule has 3 aromatic rings. The Hall–Kier alpha value is -3.09. The summed E-state index contributed by atoms with van der Waals surface area (Å²) in [4.78, 5) is 26.6. The van der Waals surface area contributed by atoms with Gasteiger partial charge in [-0.05, 0) is 37.7 Å². The normalized spacial score (nSPS) is 23.2. The lowest BCUT2D eigenvalue weighted by molar-refractivity contribution is -0.174. The van der Waals surface area contributed by atoms with Gasteiger partial charge in [0, 0.05) is 50.9 Å². The molecule has 0 bridgehead atoms. The van der Waals surface area contributed by atoms with Crippen molar-refractivity contribution in [2.24, 2.45) is 5.92 Å². The van der Waals surface area contributed by atoms with Crippen LogP contribution in [0.1, 0.15) is 67.5 Å². The summed E-state index contributed by atoms with van der Waals surface area (Å²) in [5.74, 6) is -6.28. The molecule has 0 radical (unpaired) electrons. The van der Waals surface area contributed by atoms with Gasteiger partial charge in [0.2, 0.25) is 17.7 Å². The van der Waals surface area contributed by atoms with Crippen molar-refractivity contribution in [2.45, 2.75) is 75.0 Å². The van der Waals surface area contributed by atoms with Gasteiger partial charge in [-0.15, -0.1) is 0 Å². The molecule has 0 unspecified atom stereocenters. The Bertz CT molecular complexity index is 1400. The number of imidazole rings is 1. The third-order valence-electron chi connectivity index (χ3n) is 8.67. The van der Waals surface area contributed by atoms with E-state index in [1.54, 1.807) is 13.0 Å². The summed E-state index contributed by atoms with van der Waals surface area (Å²) in [6.07, 6.45) is 0.605. The van der Waals surface area contributed by atoms with E-state index in [0.717, 1.165) is 4.90 Å². The van der Waals surface area contributed by atoms with Crippen molar-refractivity contribution in [1.29, 1.82) is 0 Å². The Morgan fingerprint density at radius 2 is 1.77 bits per heavy atom. The molecule has 1 aliphatic carbocycles. The summed E-state index contributed by atoms with van der Waals surface area (Å²) < 4.78 is 81.9. The van der Waals surface area contributed by atoms with Gasteiger partial charge >= 0.3 is 0 Å². The number of hydrogen-bond acceptors (Lipinski definition) is 6. The molecule has 2 aliphatic heterocycles. The summed E-state index contributed by atoms with van der Waals surface area (Å²) in [5.41, 5.74) is -0.848. The van der Waals surface area contributed by atoms with Crippen molar-refractivity contribution < 1.29 is 36.0 Å². The Morgan fingerprint density at radius 3 is 2.40 bits per heavy atom. The maximum absolute atomic E-state index is 16.3. The SMILES string of the molecule is Cc1nc(C[C@H](c2nc3c(F)c(C4(C(=O)N5CC(F)(F)C5)CCOCC4)ccc3[nH]2)C2CCC(F)(F)CC2)no1. The van der Waals surface area contributed by atoms with Crippen molar-refractivity contribution in [1.82, 2.24) is 25.0 Å². The minimum absolute atomic E-state index is 0.00976. The molecule has 1 saturated carbocycles. The number of hydrogen-bond donors (Lipinski definition) is 1. The minimum atomic E-state index is -2.95. The number of rotatable bonds is 6. The number of carbonyl (C=O) groups excluding carboxylic acids is 1. The molecular formula is C27H30F5N5O3. The van der Waals surface area contributed by atoms with Crippen LogP contribution in [0, 0.1) is 18.7 Å². The van der Waals surface area contributed by atoms with Crippen LogP contribution < -0.4 is 0 Å². The lowest BCUT2D eigenvalue weighted by Gasteiger charge is -2.46. The monoisotopic (exact) mass is 567 g/mol. The zero-order valence-electron chi connectivity index (χ0n) is 22.0. The van der Waals surface area contributed by atoms with Crippen LogP contribution in [0.2, 0.25) is 0 Å². The highest BCUT2D eigenvalue weighted by atomic mass is 19.3. The number of benzene rings is 1. The molecule has 0 spiro atoms. The number of H-pyrrole nitrogens is 1. The number of aromatic nitrogens is 4. The Balaban J connectivity index is 1.37. The van der Waals surface area contributed by atoms with Crippen molar-refractivity contribution in [3.8, 4) is 0 Å². The summed E-state index contributed by atoms with van der Waals surface area (Å²) >= 11 is 0. The van der Waals surface area contributed by atoms with E-state index in [4.69, 9.17) is 9.26 Å². The van der Waals surface area contributed by atoms with Crippen LogP contribution in [0.3, 0.4) is 0 Å². The zero-order chi connectivity index (χ0) is 28.3. The van der Waals surface area contributed by atoms with Crippen molar-refractivity contribution in [3.63, 3.8) is 0 Å². The molecule has 1 N–H and O–H groups in total. The first-order valence-corrected chi connectivity index (χ1v) is 13.6. The van der Waals surface area contributed by atoms with E-state index in [0.29, 0.717) is 23.1 Å². The Kier molecular flexibility index (Phi) is 6.62. The molecule has 4 heterocycles. The van der Waals surface area contributed by atoms with E-state index in [9.17, 15) is 22.4 Å². The summed E-state index contributed by atoms with van der Waals surface area (Å²) in [5, 5.41) is 3.96. The van der Waals surface area contributed by atoms with E-state index in [2.05, 4.69) is 20.1 Å². The molecule has 6 rings (SSSR count). The lowest BCUT2D eigenvalue weighted by Crippen LogP contribution is -2.63. The standard InChI is InChI=1S/C27H30F5N5O3/c1-15-33-20(36-40-15)12-17(16-4-6-26(29,30)7-5-16)23-34-19-3-2-18(21(28)22(19)35-23)25(8-10-39-11-9-25)24(38)37-13-27(31,32)14-37/h2-3,16-17H,4-14H2,1H3,(H,34,35)/t17-/m0/s1. The number of amides is 1. The molecule has 8 nitrogen and oxygen atoms in total. The molecule has 2 saturated heterocycles. The van der Waals surface area contributed by atoms with Crippen LogP contribution in [-0.4, -0.2) is 69.1 Å². The lowest BCUT2D eigenvalue weighted by atomic mass is 9.72. The third kappa shape index (κ3) is 4.86. The van der Waals surface area contributed by atoms with Crippen LogP contribution in [0.25, 0.3) is 11.0 Å². The number of fused-ring (bicyclic) bond motifs is 1. The fourth-order valence-electron chi connectivity index (χ4n) is 6.46. The second-order valence-corrected chi connectivity index (χ2v) is 11.4. The molecule has 40 heavy (non-hydrogen) atoms. The third-order valence-corrected chi connectivity index (χ3v) is 8.67.